The number of nitrogens with zero attached hydrogens (tertiary/aromatic N) is 2. The average molecular weight is 309 g/mol. The molecule has 0 aliphatic carbocycles. The molecule has 6 nitrogen and oxygen atoms in total. The van der Waals surface area contributed by atoms with Crippen molar-refractivity contribution in [2.75, 3.05) is 7.11 Å². The summed E-state index contributed by atoms with van der Waals surface area (Å²) in [5.74, 6) is 0.287. The van der Waals surface area contributed by atoms with Gasteiger partial charge in [-0.25, -0.2) is 4.79 Å². The average Bonchev–Trinajstić information content (AvgIpc) is 2.37. The Balaban J connectivity index is 5.10. The number of carbonyl (C=O) groups excluding carboxylic acids is 1. The van der Waals surface area contributed by atoms with Gasteiger partial charge in [0.05, 0.1) is 12.8 Å². The van der Waals surface area contributed by atoms with E-state index >= 15 is 0 Å². The minimum absolute atomic E-state index is 0.287. The van der Waals surface area contributed by atoms with Crippen LogP contribution in [0.3, 0.4) is 0 Å². The first kappa shape index (κ1) is 19.9. The van der Waals surface area contributed by atoms with Crippen LogP contribution in [0.25, 0.3) is 0 Å². The molecule has 0 rings (SSSR count). The van der Waals surface area contributed by atoms with E-state index in [0.717, 1.165) is 5.71 Å². The third kappa shape index (κ3) is 8.94. The predicted molar refractivity (Wildman–Crippen MR) is 90.3 cm³/mol. The molecule has 0 heterocycles. The molecule has 0 bridgehead atoms. The highest BCUT2D eigenvalue weighted by Crippen LogP contribution is 2.08. The molecule has 124 valence electrons. The summed E-state index contributed by atoms with van der Waals surface area (Å²) in [6, 6.07) is -0.487. The third-order valence-corrected chi connectivity index (χ3v) is 2.31. The van der Waals surface area contributed by atoms with Crippen LogP contribution >= 0.6 is 0 Å². The lowest BCUT2D eigenvalue weighted by molar-refractivity contribution is 0.0514. The Bertz CT molecular complexity index is 460. The maximum atomic E-state index is 11.9. The van der Waals surface area contributed by atoms with Gasteiger partial charge in [0, 0.05) is 0 Å². The molecule has 0 fully saturated rings. The van der Waals surface area contributed by atoms with Gasteiger partial charge in [-0.05, 0) is 47.1 Å². The minimum atomic E-state index is -0.576. The van der Waals surface area contributed by atoms with Crippen molar-refractivity contribution in [2.45, 2.75) is 52.7 Å². The molecule has 0 saturated carbocycles. The normalized spacial score (nSPS) is 14.6. The Labute approximate surface area is 133 Å². The highest BCUT2D eigenvalue weighted by Gasteiger charge is 2.22. The fourth-order valence-electron chi connectivity index (χ4n) is 1.49. The fraction of sp³-hybridized carbons (Fsp3) is 0.562. The number of allylic oxidation sites excluding steroid dienone is 2. The Morgan fingerprint density at radius 2 is 2.00 bits per heavy atom. The van der Waals surface area contributed by atoms with Crippen molar-refractivity contribution in [3.63, 3.8) is 0 Å². The zero-order valence-electron chi connectivity index (χ0n) is 14.3. The van der Waals surface area contributed by atoms with Gasteiger partial charge in [0.1, 0.15) is 11.6 Å². The van der Waals surface area contributed by atoms with Crippen molar-refractivity contribution in [1.29, 1.82) is 0 Å². The van der Waals surface area contributed by atoms with Crippen LogP contribution in [0.15, 0.2) is 35.0 Å². The zero-order chi connectivity index (χ0) is 17.2. The lowest BCUT2D eigenvalue weighted by Crippen LogP contribution is -2.43. The minimum Gasteiger partial charge on any atom is -0.482 e. The van der Waals surface area contributed by atoms with Crippen molar-refractivity contribution in [3.05, 3.63) is 24.8 Å². The third-order valence-electron chi connectivity index (χ3n) is 2.31. The molecule has 1 atom stereocenters. The second-order valence-corrected chi connectivity index (χ2v) is 5.61. The quantitative estimate of drug-likeness (QED) is 0.353. The molecular weight excluding hydrogens is 282 g/mol. The molecule has 1 amide bonds. The summed E-state index contributed by atoms with van der Waals surface area (Å²) in [5.41, 5.74) is 0.153. The summed E-state index contributed by atoms with van der Waals surface area (Å²) in [6.07, 6.45) is 5.25. The number of methoxy groups -OCH3 is 1. The van der Waals surface area contributed by atoms with Crippen molar-refractivity contribution in [2.24, 2.45) is 10.2 Å². The molecule has 22 heavy (non-hydrogen) atoms. The smallest absolute Gasteiger partial charge is 0.408 e. The lowest BCUT2D eigenvalue weighted by Gasteiger charge is -2.23. The molecule has 0 unspecified atom stereocenters. The largest absolute Gasteiger partial charge is 0.482 e. The molecule has 0 aliphatic rings. The van der Waals surface area contributed by atoms with Crippen molar-refractivity contribution >= 4 is 17.7 Å². The van der Waals surface area contributed by atoms with Gasteiger partial charge >= 0.3 is 6.09 Å². The van der Waals surface area contributed by atoms with Gasteiger partial charge in [0.2, 0.25) is 5.90 Å². The molecule has 1 N–H and O–H groups in total. The van der Waals surface area contributed by atoms with Gasteiger partial charge < -0.3 is 14.8 Å². The lowest BCUT2D eigenvalue weighted by atomic mass is 10.2. The van der Waals surface area contributed by atoms with Crippen molar-refractivity contribution < 1.29 is 14.3 Å². The van der Waals surface area contributed by atoms with E-state index in [0.29, 0.717) is 6.42 Å². The molecule has 0 aromatic carbocycles. The molecule has 0 spiro atoms. The predicted octanol–water partition coefficient (Wildman–Crippen LogP) is 3.45. The molecule has 0 saturated heterocycles. The number of hydrogen-bond donors (Lipinski definition) is 1. The summed E-state index contributed by atoms with van der Waals surface area (Å²) >= 11 is 0. The number of alkyl carbamates (subject to hydrolysis) is 1. The van der Waals surface area contributed by atoms with Crippen LogP contribution in [0.2, 0.25) is 0 Å². The van der Waals surface area contributed by atoms with Crippen LogP contribution in [0.5, 0.6) is 0 Å². The van der Waals surface area contributed by atoms with Gasteiger partial charge in [0.25, 0.3) is 0 Å². The van der Waals surface area contributed by atoms with E-state index in [2.05, 4.69) is 22.1 Å². The summed E-state index contributed by atoms with van der Waals surface area (Å²) in [7, 11) is 1.48. The summed E-state index contributed by atoms with van der Waals surface area (Å²) < 4.78 is 10.5. The van der Waals surface area contributed by atoms with E-state index in [9.17, 15) is 4.79 Å². The number of hydrogen-bond acceptors (Lipinski definition) is 5. The van der Waals surface area contributed by atoms with Crippen molar-refractivity contribution in [3.8, 4) is 0 Å². The SMILES string of the molecule is C=CC[C@H](NC(=O)OC(C)(C)C)/C(=N/N=C(C)\C=C/C)OC. The number of rotatable bonds is 6. The molecule has 0 aromatic heterocycles. The van der Waals surface area contributed by atoms with Gasteiger partial charge in [-0.1, -0.05) is 12.2 Å². The van der Waals surface area contributed by atoms with Crippen LogP contribution in [-0.2, 0) is 9.47 Å². The van der Waals surface area contributed by atoms with Crippen LogP contribution in [0, 0.1) is 0 Å². The van der Waals surface area contributed by atoms with Crippen LogP contribution in [0.1, 0.15) is 41.0 Å². The summed E-state index contributed by atoms with van der Waals surface area (Å²) in [5, 5.41) is 10.8. The van der Waals surface area contributed by atoms with Crippen LogP contribution < -0.4 is 5.32 Å². The van der Waals surface area contributed by atoms with Gasteiger partial charge in [-0.15, -0.1) is 11.7 Å². The first-order valence-electron chi connectivity index (χ1n) is 7.12. The maximum absolute atomic E-state index is 11.9. The van der Waals surface area contributed by atoms with Gasteiger partial charge in [-0.3, -0.25) is 0 Å². The Hall–Kier alpha value is -2.11. The first-order valence-corrected chi connectivity index (χ1v) is 7.12. The second-order valence-electron chi connectivity index (χ2n) is 5.61. The standard InChI is InChI=1S/C16H27N3O3/c1-8-10-12(3)18-19-14(21-7)13(11-9-2)17-15(20)22-16(4,5)6/h8-10,13H,2,11H2,1,3-7H3,(H,17,20)/b10-8-,18-12-,19-14-/t13-/m0/s1. The van der Waals surface area contributed by atoms with E-state index in [1.54, 1.807) is 26.8 Å². The summed E-state index contributed by atoms with van der Waals surface area (Å²) in [6.45, 7) is 12.8. The molecular formula is C16H27N3O3. The van der Waals surface area contributed by atoms with Crippen molar-refractivity contribution in [1.82, 2.24) is 5.32 Å². The van der Waals surface area contributed by atoms with E-state index in [1.807, 2.05) is 26.0 Å². The number of ether oxygens (including phenoxy) is 2. The highest BCUT2D eigenvalue weighted by atomic mass is 16.6. The van der Waals surface area contributed by atoms with E-state index < -0.39 is 17.7 Å². The maximum Gasteiger partial charge on any atom is 0.408 e. The zero-order valence-corrected chi connectivity index (χ0v) is 14.3. The first-order chi connectivity index (χ1) is 10.2. The van der Waals surface area contributed by atoms with Gasteiger partial charge in [-0.2, -0.15) is 5.10 Å². The highest BCUT2D eigenvalue weighted by molar-refractivity contribution is 5.93. The fourth-order valence-corrected chi connectivity index (χ4v) is 1.49. The monoisotopic (exact) mass is 309 g/mol. The molecule has 0 radical (unpaired) electrons. The molecule has 6 heteroatoms. The van der Waals surface area contributed by atoms with E-state index in [-0.39, 0.29) is 5.90 Å². The van der Waals surface area contributed by atoms with Crippen LogP contribution in [0.4, 0.5) is 4.79 Å². The van der Waals surface area contributed by atoms with E-state index in [4.69, 9.17) is 9.47 Å². The topological polar surface area (TPSA) is 72.3 Å². The molecule has 0 aliphatic heterocycles. The Kier molecular flexibility index (Phi) is 8.82. The molecule has 0 aromatic rings. The van der Waals surface area contributed by atoms with Gasteiger partial charge in [0.15, 0.2) is 0 Å². The number of nitrogens with one attached hydrogen (secondary N) is 1. The summed E-state index contributed by atoms with van der Waals surface area (Å²) in [4.78, 5) is 11.9. The van der Waals surface area contributed by atoms with Crippen LogP contribution in [-0.4, -0.2) is 36.5 Å². The Morgan fingerprint density at radius 3 is 2.45 bits per heavy atom. The van der Waals surface area contributed by atoms with E-state index in [1.165, 1.54) is 7.11 Å². The second kappa shape index (κ2) is 9.76. The Morgan fingerprint density at radius 1 is 1.36 bits per heavy atom. The number of amides is 1. The number of carbonyl (C=O) groups is 1.